The van der Waals surface area contributed by atoms with E-state index in [-0.39, 0.29) is 18.4 Å². The van der Waals surface area contributed by atoms with E-state index in [0.717, 1.165) is 0 Å². The van der Waals surface area contributed by atoms with E-state index in [1.165, 1.54) is 0 Å². The summed E-state index contributed by atoms with van der Waals surface area (Å²) < 4.78 is 0. The Morgan fingerprint density at radius 1 is 1.50 bits per heavy atom. The van der Waals surface area contributed by atoms with E-state index in [4.69, 9.17) is 0 Å². The van der Waals surface area contributed by atoms with Gasteiger partial charge in [0.1, 0.15) is 0 Å². The van der Waals surface area contributed by atoms with Crippen molar-refractivity contribution < 1.29 is 18.4 Å². The van der Waals surface area contributed by atoms with Crippen molar-refractivity contribution in [3.8, 4) is 0 Å². The Morgan fingerprint density at radius 3 is 1.50 bits per heavy atom. The summed E-state index contributed by atoms with van der Waals surface area (Å²) in [5.74, 6) is 0. The molecule has 0 saturated heterocycles. The number of hydrogen-bond donors (Lipinski definition) is 1. The van der Waals surface area contributed by atoms with Crippen LogP contribution in [0.2, 0.25) is 0 Å². The molecule has 0 bridgehead atoms. The van der Waals surface area contributed by atoms with E-state index in [1.54, 1.807) is 0 Å². The van der Waals surface area contributed by atoms with Crippen LogP contribution in [0.5, 0.6) is 0 Å². The van der Waals surface area contributed by atoms with Crippen LogP contribution in [-0.4, -0.2) is 14.1 Å². The van der Waals surface area contributed by atoms with E-state index in [0.29, 0.717) is 0 Å². The molecule has 0 aliphatic rings. The van der Waals surface area contributed by atoms with E-state index in [2.05, 4.69) is 5.32 Å². The molecule has 0 saturated carbocycles. The maximum absolute atomic E-state index is 2.75. The third-order valence-electron chi connectivity index (χ3n) is 0. The first-order chi connectivity index (χ1) is 1.41. The second-order valence-corrected chi connectivity index (χ2v) is 0.500. The maximum atomic E-state index is 2.75. The zero-order valence-corrected chi connectivity index (χ0v) is 4.46. The summed E-state index contributed by atoms with van der Waals surface area (Å²) in [6.45, 7) is 0. The summed E-state index contributed by atoms with van der Waals surface area (Å²) in [5, 5.41) is 2.75. The Hall–Kier alpha value is 0.440. The third kappa shape index (κ3) is 26.1. The van der Waals surface area contributed by atoms with Gasteiger partial charge in [-0.05, 0) is 14.1 Å². The molecule has 0 aromatic carbocycles. The second kappa shape index (κ2) is 9.88. The zero-order chi connectivity index (χ0) is 2.71. The van der Waals surface area contributed by atoms with Crippen molar-refractivity contribution in [1.29, 1.82) is 0 Å². The second-order valence-electron chi connectivity index (χ2n) is 0.500. The molecule has 1 nitrogen and oxygen atoms in total. The molecule has 2 heteroatoms. The minimum absolute atomic E-state index is 0. The maximum Gasteiger partial charge on any atom is 1.00 e. The Labute approximate surface area is 38.7 Å². The Bertz CT molecular complexity index is 9.61. The van der Waals surface area contributed by atoms with Crippen molar-refractivity contribution in [2.75, 3.05) is 14.1 Å². The first-order valence-electron chi connectivity index (χ1n) is 1.00. The minimum atomic E-state index is 0. The molecule has 0 aliphatic heterocycles. The van der Waals surface area contributed by atoms with Crippen LogP contribution in [0.4, 0.5) is 0 Å². The lowest BCUT2D eigenvalue weighted by molar-refractivity contribution is -0.000000778. The van der Waals surface area contributed by atoms with Crippen molar-refractivity contribution in [3.63, 3.8) is 0 Å². The third-order valence-corrected chi connectivity index (χ3v) is 0. The molecule has 0 fully saturated rings. The van der Waals surface area contributed by atoms with Crippen LogP contribution in [0.1, 0.15) is 1.43 Å². The van der Waals surface area contributed by atoms with Crippen LogP contribution < -0.4 is 22.3 Å². The molecule has 0 heterocycles. The Kier molecular flexibility index (Phi) is 21.8. The lowest BCUT2D eigenvalue weighted by Crippen LogP contribution is -3.00. The number of halogens is 1. The molecule has 1 N–H and O–H groups in total. The van der Waals surface area contributed by atoms with Gasteiger partial charge in [0.05, 0.1) is 0 Å². The molecule has 0 unspecified atom stereocenters. The van der Waals surface area contributed by atoms with Crippen LogP contribution in [0.15, 0.2) is 0 Å². The Balaban J connectivity index is -0.0000000200. The van der Waals surface area contributed by atoms with E-state index in [9.17, 15) is 0 Å². The monoisotopic (exact) mass is 125 g/mol. The van der Waals surface area contributed by atoms with Gasteiger partial charge in [-0.1, -0.05) is 0 Å². The molecule has 0 rings (SSSR count). The number of rotatable bonds is 0. The van der Waals surface area contributed by atoms with E-state index in [1.807, 2.05) is 14.1 Å². The van der Waals surface area contributed by atoms with Crippen LogP contribution in [0, 0.1) is 0 Å². The number of hydrogen-bond acceptors (Lipinski definition) is 1. The topological polar surface area (TPSA) is 12.0 Å². The van der Waals surface area contributed by atoms with Gasteiger partial charge in [0.25, 0.3) is 0 Å². The lowest BCUT2D eigenvalue weighted by atomic mass is 11.3. The summed E-state index contributed by atoms with van der Waals surface area (Å²) in [7, 11) is 3.75. The first kappa shape index (κ1) is 8.83. The average molecular weight is 126 g/mol. The van der Waals surface area contributed by atoms with Gasteiger partial charge in [-0.15, -0.1) is 0 Å². The average Bonchev–Trinajstić information content (AvgIpc) is 0.918. The smallest absolute Gasteiger partial charge is 1.00 e. The molecule has 0 atom stereocenters. The molecule has 0 aromatic rings. The summed E-state index contributed by atoms with van der Waals surface area (Å²) in [6.07, 6.45) is 0. The van der Waals surface area contributed by atoms with Crippen LogP contribution in [-0.2, 0) is 0 Å². The highest BCUT2D eigenvalue weighted by molar-refractivity contribution is 3.91. The summed E-state index contributed by atoms with van der Waals surface area (Å²) in [5.41, 5.74) is 0. The zero-order valence-electron chi connectivity index (χ0n) is 3.88. The standard InChI is InChI=1S/C2H7N.BrH/c1-3-2;/h3H,1-2H3;1H. The summed E-state index contributed by atoms with van der Waals surface area (Å²) >= 11 is 0. The van der Waals surface area contributed by atoms with Gasteiger partial charge >= 0.3 is 1.43 Å². The summed E-state index contributed by atoms with van der Waals surface area (Å²) in [4.78, 5) is 0. The predicted molar refractivity (Wildman–Crippen MR) is 16.1 cm³/mol. The molecular formula is C2H8BrN. The van der Waals surface area contributed by atoms with Gasteiger partial charge in [0.2, 0.25) is 0 Å². The quantitative estimate of drug-likeness (QED) is 0.363. The van der Waals surface area contributed by atoms with Crippen molar-refractivity contribution >= 4 is 0 Å². The molecule has 0 radical (unpaired) electrons. The molecular weight excluding hydrogens is 118 g/mol. The van der Waals surface area contributed by atoms with Crippen LogP contribution in [0.3, 0.4) is 0 Å². The summed E-state index contributed by atoms with van der Waals surface area (Å²) in [6, 6.07) is 0. The molecule has 4 heavy (non-hydrogen) atoms. The molecule has 0 aliphatic carbocycles. The van der Waals surface area contributed by atoms with Crippen LogP contribution in [0.25, 0.3) is 0 Å². The lowest BCUT2D eigenvalue weighted by Gasteiger charge is -1.59. The highest BCUT2D eigenvalue weighted by Gasteiger charge is 1.25. The van der Waals surface area contributed by atoms with Gasteiger partial charge in [0.15, 0.2) is 0 Å². The normalized spacial score (nSPS) is 4.50. The van der Waals surface area contributed by atoms with E-state index < -0.39 is 0 Å². The Morgan fingerprint density at radius 2 is 1.50 bits per heavy atom. The van der Waals surface area contributed by atoms with Crippen molar-refractivity contribution in [1.82, 2.24) is 5.32 Å². The highest BCUT2D eigenvalue weighted by atomic mass is 79.9. The van der Waals surface area contributed by atoms with Crippen molar-refractivity contribution in [2.45, 2.75) is 0 Å². The fourth-order valence-corrected chi connectivity index (χ4v) is 0. The largest absolute Gasteiger partial charge is 1.00 e. The molecule has 0 aromatic heterocycles. The van der Waals surface area contributed by atoms with Gasteiger partial charge in [-0.25, -0.2) is 0 Å². The van der Waals surface area contributed by atoms with Crippen molar-refractivity contribution in [2.24, 2.45) is 0 Å². The van der Waals surface area contributed by atoms with Gasteiger partial charge in [0, 0.05) is 0 Å². The molecule has 0 amide bonds. The fourth-order valence-electron chi connectivity index (χ4n) is 0. The number of nitrogens with one attached hydrogen (secondary N) is 1. The van der Waals surface area contributed by atoms with Gasteiger partial charge < -0.3 is 22.3 Å². The molecule has 0 spiro atoms. The van der Waals surface area contributed by atoms with Gasteiger partial charge in [-0.2, -0.15) is 0 Å². The molecule has 28 valence electrons. The first-order valence-corrected chi connectivity index (χ1v) is 1.00. The van der Waals surface area contributed by atoms with E-state index >= 15 is 0 Å². The van der Waals surface area contributed by atoms with Crippen LogP contribution >= 0.6 is 0 Å². The highest BCUT2D eigenvalue weighted by Crippen LogP contribution is 0.981. The SMILES string of the molecule is CNC.[Br-].[H+]. The minimum Gasteiger partial charge on any atom is -1.00 e. The predicted octanol–water partition coefficient (Wildman–Crippen LogP) is -3.05. The fraction of sp³-hybridized carbons (Fsp3) is 1.00. The van der Waals surface area contributed by atoms with Crippen molar-refractivity contribution in [3.05, 3.63) is 0 Å². The van der Waals surface area contributed by atoms with Gasteiger partial charge in [-0.3, -0.25) is 0 Å².